The Kier molecular flexibility index (Phi) is 39.0. The molecule has 0 aliphatic carbocycles. The summed E-state index contributed by atoms with van der Waals surface area (Å²) in [5, 5.41) is 40.1. The first-order valence-corrected chi connectivity index (χ1v) is 25.3. The van der Waals surface area contributed by atoms with Crippen LogP contribution in [-0.2, 0) is 28.5 Å². The number of allylic oxidation sites excluding steroid dienone is 2. The van der Waals surface area contributed by atoms with E-state index in [1.807, 2.05) is 0 Å². The molecule has 10 nitrogen and oxygen atoms in total. The first kappa shape index (κ1) is 56.5. The van der Waals surface area contributed by atoms with E-state index in [-0.39, 0.29) is 32.0 Å². The molecule has 1 aliphatic rings. The summed E-state index contributed by atoms with van der Waals surface area (Å²) in [6.45, 7) is 3.43. The molecule has 0 aromatic carbocycles. The summed E-state index contributed by atoms with van der Waals surface area (Å²) in [6.07, 6.45) is 38.1. The minimum absolute atomic E-state index is 0.187. The molecular formula is C50H94O10. The minimum Gasteiger partial charge on any atom is -0.462 e. The average molecular weight is 855 g/mol. The van der Waals surface area contributed by atoms with Crippen molar-refractivity contribution in [2.24, 2.45) is 0 Å². The average Bonchev–Trinajstić information content (AvgIpc) is 3.25. The van der Waals surface area contributed by atoms with Crippen LogP contribution >= 0.6 is 0 Å². The molecule has 1 aliphatic heterocycles. The molecule has 0 saturated carbocycles. The first-order valence-electron chi connectivity index (χ1n) is 25.3. The highest BCUT2D eigenvalue weighted by Gasteiger charge is 2.44. The maximum absolute atomic E-state index is 12.8. The molecule has 0 radical (unpaired) electrons. The summed E-state index contributed by atoms with van der Waals surface area (Å²) in [6, 6.07) is 0. The monoisotopic (exact) mass is 855 g/mol. The predicted molar refractivity (Wildman–Crippen MR) is 243 cm³/mol. The van der Waals surface area contributed by atoms with E-state index in [1.165, 1.54) is 173 Å². The SMILES string of the molecule is CCCCCCCCCCCCCCCCCCCC/C=C/CCCC(=O)O[C@H](COC(=O)CCCCCCCCCCCCCC)CO[C@@H]1O[C@H](CO)[C@H](O)C(O)C1O. The number of rotatable bonds is 43. The van der Waals surface area contributed by atoms with Crippen LogP contribution in [0.2, 0.25) is 0 Å². The van der Waals surface area contributed by atoms with Crippen LogP contribution in [-0.4, -0.2) is 89.0 Å². The van der Waals surface area contributed by atoms with Crippen molar-refractivity contribution in [1.82, 2.24) is 0 Å². The van der Waals surface area contributed by atoms with E-state index in [2.05, 4.69) is 26.0 Å². The molecule has 4 N–H and O–H groups in total. The van der Waals surface area contributed by atoms with Gasteiger partial charge in [0.25, 0.3) is 0 Å². The van der Waals surface area contributed by atoms with E-state index in [0.29, 0.717) is 6.42 Å². The van der Waals surface area contributed by atoms with Crippen molar-refractivity contribution in [1.29, 1.82) is 0 Å². The van der Waals surface area contributed by atoms with Gasteiger partial charge >= 0.3 is 11.9 Å². The van der Waals surface area contributed by atoms with E-state index in [1.54, 1.807) is 0 Å². The number of aliphatic hydroxyl groups excluding tert-OH is 4. The van der Waals surface area contributed by atoms with E-state index >= 15 is 0 Å². The molecule has 0 aromatic rings. The van der Waals surface area contributed by atoms with Crippen molar-refractivity contribution in [2.45, 2.75) is 275 Å². The summed E-state index contributed by atoms with van der Waals surface area (Å²) < 4.78 is 22.2. The summed E-state index contributed by atoms with van der Waals surface area (Å²) in [4.78, 5) is 25.3. The van der Waals surface area contributed by atoms with Gasteiger partial charge in [0.15, 0.2) is 12.4 Å². The van der Waals surface area contributed by atoms with E-state index in [4.69, 9.17) is 18.9 Å². The quantitative estimate of drug-likeness (QED) is 0.0265. The molecule has 10 heteroatoms. The van der Waals surface area contributed by atoms with Crippen LogP contribution in [0.3, 0.4) is 0 Å². The first-order chi connectivity index (χ1) is 29.3. The molecule has 354 valence electrons. The van der Waals surface area contributed by atoms with Gasteiger partial charge in [-0.25, -0.2) is 0 Å². The molecule has 1 heterocycles. The van der Waals surface area contributed by atoms with Gasteiger partial charge in [0.05, 0.1) is 13.2 Å². The molecule has 1 saturated heterocycles. The van der Waals surface area contributed by atoms with Gasteiger partial charge in [-0.15, -0.1) is 0 Å². The molecule has 0 aromatic heterocycles. The Morgan fingerprint density at radius 1 is 0.500 bits per heavy atom. The Labute approximate surface area is 367 Å². The van der Waals surface area contributed by atoms with Gasteiger partial charge in [0.2, 0.25) is 0 Å². The number of carbonyl (C=O) groups is 2. The van der Waals surface area contributed by atoms with Gasteiger partial charge < -0.3 is 39.4 Å². The van der Waals surface area contributed by atoms with Gasteiger partial charge in [0, 0.05) is 12.8 Å². The number of ether oxygens (including phenoxy) is 4. The van der Waals surface area contributed by atoms with E-state index < -0.39 is 49.4 Å². The number of unbranched alkanes of at least 4 members (excludes halogenated alkanes) is 30. The summed E-state index contributed by atoms with van der Waals surface area (Å²) in [7, 11) is 0. The van der Waals surface area contributed by atoms with Crippen LogP contribution in [0.1, 0.15) is 239 Å². The topological polar surface area (TPSA) is 152 Å². The lowest BCUT2D eigenvalue weighted by molar-refractivity contribution is -0.305. The van der Waals surface area contributed by atoms with Gasteiger partial charge in [-0.3, -0.25) is 9.59 Å². The number of aliphatic hydroxyl groups is 4. The standard InChI is InChI=1S/C50H94O10/c1-3-5-7-9-11-13-15-17-18-19-20-21-22-23-24-25-26-27-29-31-33-35-37-39-46(53)59-43(42-58-50-49(56)48(55)47(54)44(40-51)60-50)41-57-45(52)38-36-34-32-30-28-16-14-12-10-8-6-4-2/h31,33,43-44,47-51,54-56H,3-30,32,34-42H2,1-2H3/b33-31+/t43-,44-,47+,48?,49?,50-/m1/s1. The molecule has 0 bridgehead atoms. The van der Waals surface area contributed by atoms with Gasteiger partial charge in [0.1, 0.15) is 31.0 Å². The zero-order valence-electron chi connectivity index (χ0n) is 38.7. The van der Waals surface area contributed by atoms with Crippen LogP contribution < -0.4 is 0 Å². The van der Waals surface area contributed by atoms with Crippen LogP contribution in [0.4, 0.5) is 0 Å². The Morgan fingerprint density at radius 3 is 1.35 bits per heavy atom. The summed E-state index contributed by atoms with van der Waals surface area (Å²) in [5.74, 6) is -0.831. The van der Waals surface area contributed by atoms with Crippen molar-refractivity contribution in [3.8, 4) is 0 Å². The molecular weight excluding hydrogens is 761 g/mol. The largest absolute Gasteiger partial charge is 0.462 e. The Morgan fingerprint density at radius 2 is 0.900 bits per heavy atom. The summed E-state index contributed by atoms with van der Waals surface area (Å²) in [5.41, 5.74) is 0. The molecule has 2 unspecified atom stereocenters. The number of hydrogen-bond acceptors (Lipinski definition) is 10. The fourth-order valence-corrected chi connectivity index (χ4v) is 7.90. The van der Waals surface area contributed by atoms with Gasteiger partial charge in [-0.2, -0.15) is 0 Å². The fourth-order valence-electron chi connectivity index (χ4n) is 7.90. The van der Waals surface area contributed by atoms with Gasteiger partial charge in [-0.05, 0) is 32.1 Å². The second-order valence-electron chi connectivity index (χ2n) is 17.6. The van der Waals surface area contributed by atoms with E-state index in [9.17, 15) is 30.0 Å². The third-order valence-corrected chi connectivity index (χ3v) is 11.9. The molecule has 1 fully saturated rings. The molecule has 1 rings (SSSR count). The van der Waals surface area contributed by atoms with E-state index in [0.717, 1.165) is 32.1 Å². The Bertz CT molecular complexity index is 990. The highest BCUT2D eigenvalue weighted by Crippen LogP contribution is 2.23. The van der Waals surface area contributed by atoms with Crippen LogP contribution in [0, 0.1) is 0 Å². The molecule has 6 atom stereocenters. The summed E-state index contributed by atoms with van der Waals surface area (Å²) >= 11 is 0. The lowest BCUT2D eigenvalue weighted by Crippen LogP contribution is -2.59. The smallest absolute Gasteiger partial charge is 0.306 e. The van der Waals surface area contributed by atoms with Crippen molar-refractivity contribution in [3.05, 3.63) is 12.2 Å². The second-order valence-corrected chi connectivity index (χ2v) is 17.6. The number of hydrogen-bond donors (Lipinski definition) is 4. The zero-order valence-corrected chi connectivity index (χ0v) is 38.7. The lowest BCUT2D eigenvalue weighted by Gasteiger charge is -2.39. The minimum atomic E-state index is -1.60. The van der Waals surface area contributed by atoms with Crippen molar-refractivity contribution < 1.29 is 49.0 Å². The van der Waals surface area contributed by atoms with Crippen LogP contribution in [0.25, 0.3) is 0 Å². The molecule has 60 heavy (non-hydrogen) atoms. The maximum Gasteiger partial charge on any atom is 0.306 e. The predicted octanol–water partition coefficient (Wildman–Crippen LogP) is 11.5. The Balaban J connectivity index is 2.24. The maximum atomic E-state index is 12.8. The van der Waals surface area contributed by atoms with Crippen molar-refractivity contribution >= 4 is 11.9 Å². The van der Waals surface area contributed by atoms with Crippen LogP contribution in [0.15, 0.2) is 12.2 Å². The lowest BCUT2D eigenvalue weighted by atomic mass is 9.99. The highest BCUT2D eigenvalue weighted by atomic mass is 16.7. The molecule has 0 amide bonds. The number of carbonyl (C=O) groups excluding carboxylic acids is 2. The number of esters is 2. The van der Waals surface area contributed by atoms with Gasteiger partial charge in [-0.1, -0.05) is 206 Å². The third-order valence-electron chi connectivity index (χ3n) is 11.9. The normalized spacial score (nSPS) is 19.9. The third kappa shape index (κ3) is 32.2. The fraction of sp³-hybridized carbons (Fsp3) is 0.920. The molecule has 0 spiro atoms. The second kappa shape index (κ2) is 41.5. The van der Waals surface area contributed by atoms with Crippen molar-refractivity contribution in [2.75, 3.05) is 19.8 Å². The zero-order chi connectivity index (χ0) is 43.7. The van der Waals surface area contributed by atoms with Crippen LogP contribution in [0.5, 0.6) is 0 Å². The highest BCUT2D eigenvalue weighted by molar-refractivity contribution is 5.70. The van der Waals surface area contributed by atoms with Crippen molar-refractivity contribution in [3.63, 3.8) is 0 Å². The Hall–Kier alpha value is -1.56.